The van der Waals surface area contributed by atoms with Crippen molar-refractivity contribution in [2.45, 2.75) is 6.04 Å². The van der Waals surface area contributed by atoms with Crippen LogP contribution in [0, 0.1) is 5.82 Å². The van der Waals surface area contributed by atoms with Gasteiger partial charge in [0.2, 0.25) is 0 Å². The smallest absolute Gasteiger partial charge is 0.261 e. The van der Waals surface area contributed by atoms with Gasteiger partial charge < -0.3 is 14.8 Å². The summed E-state index contributed by atoms with van der Waals surface area (Å²) >= 11 is 1.31. The molecule has 0 aliphatic carbocycles. The molecule has 1 fully saturated rings. The summed E-state index contributed by atoms with van der Waals surface area (Å²) in [5.74, 6) is 0.311. The highest BCUT2D eigenvalue weighted by atomic mass is 32.1. The highest BCUT2D eigenvalue weighted by Gasteiger charge is 2.24. The van der Waals surface area contributed by atoms with Crippen LogP contribution in [0.4, 0.5) is 4.39 Å². The summed E-state index contributed by atoms with van der Waals surface area (Å²) in [5, 5.41) is 3.53. The molecule has 29 heavy (non-hydrogen) atoms. The van der Waals surface area contributed by atoms with Crippen LogP contribution >= 0.6 is 11.3 Å². The van der Waals surface area contributed by atoms with Crippen LogP contribution in [0.1, 0.15) is 21.3 Å². The minimum atomic E-state index is -0.303. The van der Waals surface area contributed by atoms with Crippen LogP contribution in [0.15, 0.2) is 48.5 Å². The first-order valence-electron chi connectivity index (χ1n) is 9.57. The van der Waals surface area contributed by atoms with Gasteiger partial charge >= 0.3 is 0 Å². The molecule has 5 nitrogen and oxygen atoms in total. The Morgan fingerprint density at radius 3 is 2.69 bits per heavy atom. The van der Waals surface area contributed by atoms with Gasteiger partial charge in [-0.2, -0.15) is 0 Å². The van der Waals surface area contributed by atoms with E-state index in [0.29, 0.717) is 30.0 Å². The number of carbonyl (C=O) groups excluding carboxylic acids is 1. The SMILES string of the molecule is COc1ccc(C(CNC(=O)c2cc3c(F)cccc3s2)N2CCOCC2)cc1. The lowest BCUT2D eigenvalue weighted by Crippen LogP contribution is -2.43. The first-order valence-corrected chi connectivity index (χ1v) is 10.4. The molecule has 2 heterocycles. The van der Waals surface area contributed by atoms with Crippen LogP contribution in [0.3, 0.4) is 0 Å². The van der Waals surface area contributed by atoms with E-state index in [2.05, 4.69) is 10.2 Å². The van der Waals surface area contributed by atoms with Crippen molar-refractivity contribution in [2.75, 3.05) is 40.0 Å². The van der Waals surface area contributed by atoms with Crippen molar-refractivity contribution in [3.8, 4) is 5.75 Å². The van der Waals surface area contributed by atoms with E-state index in [1.54, 1.807) is 19.2 Å². The summed E-state index contributed by atoms with van der Waals surface area (Å²) in [6.07, 6.45) is 0. The predicted octanol–water partition coefficient (Wildman–Crippen LogP) is 3.85. The molecule has 1 N–H and O–H groups in total. The Kier molecular flexibility index (Phi) is 6.08. The van der Waals surface area contributed by atoms with Crippen molar-refractivity contribution in [1.29, 1.82) is 0 Å². The van der Waals surface area contributed by atoms with Gasteiger partial charge in [0.15, 0.2) is 0 Å². The van der Waals surface area contributed by atoms with Crippen LogP contribution in [0.25, 0.3) is 10.1 Å². The van der Waals surface area contributed by atoms with E-state index >= 15 is 0 Å². The summed E-state index contributed by atoms with van der Waals surface area (Å²) in [7, 11) is 1.64. The lowest BCUT2D eigenvalue weighted by atomic mass is 10.0. The molecule has 4 rings (SSSR count). The number of rotatable bonds is 6. The van der Waals surface area contributed by atoms with Gasteiger partial charge in [0.1, 0.15) is 11.6 Å². The number of amides is 1. The van der Waals surface area contributed by atoms with E-state index in [0.717, 1.165) is 29.1 Å². The number of hydrogen-bond donors (Lipinski definition) is 1. The summed E-state index contributed by atoms with van der Waals surface area (Å²) in [5.41, 5.74) is 1.11. The van der Waals surface area contributed by atoms with Crippen LogP contribution in [0.5, 0.6) is 5.75 Å². The highest BCUT2D eigenvalue weighted by molar-refractivity contribution is 7.20. The Hall–Kier alpha value is -2.48. The normalized spacial score (nSPS) is 15.9. The Bertz CT molecular complexity index is 983. The molecule has 0 radical (unpaired) electrons. The second-order valence-electron chi connectivity index (χ2n) is 6.91. The maximum absolute atomic E-state index is 13.9. The van der Waals surface area contributed by atoms with Crippen molar-refractivity contribution >= 4 is 27.3 Å². The lowest BCUT2D eigenvalue weighted by molar-refractivity contribution is 0.0162. The molecular weight excluding hydrogens is 391 g/mol. The number of halogens is 1. The largest absolute Gasteiger partial charge is 0.497 e. The molecule has 1 saturated heterocycles. The van der Waals surface area contributed by atoms with Crippen LogP contribution in [-0.2, 0) is 4.74 Å². The van der Waals surface area contributed by atoms with E-state index in [1.807, 2.05) is 30.3 Å². The zero-order valence-electron chi connectivity index (χ0n) is 16.2. The second kappa shape index (κ2) is 8.90. The number of methoxy groups -OCH3 is 1. The average molecular weight is 415 g/mol. The molecule has 1 unspecified atom stereocenters. The maximum atomic E-state index is 13.9. The molecular formula is C22H23FN2O3S. The van der Waals surface area contributed by atoms with E-state index in [1.165, 1.54) is 17.4 Å². The molecule has 0 saturated carbocycles. The number of fused-ring (bicyclic) bond motifs is 1. The fourth-order valence-electron chi connectivity index (χ4n) is 3.59. The van der Waals surface area contributed by atoms with Gasteiger partial charge in [-0.1, -0.05) is 18.2 Å². The number of nitrogens with one attached hydrogen (secondary N) is 1. The number of ether oxygens (including phenoxy) is 2. The lowest BCUT2D eigenvalue weighted by Gasteiger charge is -2.35. The minimum absolute atomic E-state index is 0.0277. The topological polar surface area (TPSA) is 50.8 Å². The molecule has 1 aliphatic heterocycles. The number of nitrogens with zero attached hydrogens (tertiary/aromatic N) is 1. The van der Waals surface area contributed by atoms with Gasteiger partial charge in [0.25, 0.3) is 5.91 Å². The molecule has 1 aromatic heterocycles. The first-order chi connectivity index (χ1) is 14.2. The predicted molar refractivity (Wildman–Crippen MR) is 112 cm³/mol. The van der Waals surface area contributed by atoms with Gasteiger partial charge in [-0.25, -0.2) is 4.39 Å². The average Bonchev–Trinajstić information content (AvgIpc) is 3.21. The van der Waals surface area contributed by atoms with Gasteiger partial charge in [-0.15, -0.1) is 11.3 Å². The third-order valence-electron chi connectivity index (χ3n) is 5.18. The Morgan fingerprint density at radius 1 is 1.24 bits per heavy atom. The highest BCUT2D eigenvalue weighted by Crippen LogP contribution is 2.28. The third-order valence-corrected chi connectivity index (χ3v) is 6.27. The van der Waals surface area contributed by atoms with Crippen molar-refractivity contribution in [3.05, 3.63) is 64.8 Å². The standard InChI is InChI=1S/C22H23FN2O3S/c1-27-16-7-5-15(6-8-16)19(25-9-11-28-12-10-25)14-24-22(26)21-13-17-18(23)3-2-4-20(17)29-21/h2-8,13,19H,9-12,14H2,1H3,(H,24,26). The Balaban J connectivity index is 1.51. The molecule has 7 heteroatoms. The monoisotopic (exact) mass is 414 g/mol. The number of thiophene rings is 1. The van der Waals surface area contributed by atoms with Gasteiger partial charge in [-0.3, -0.25) is 9.69 Å². The van der Waals surface area contributed by atoms with Crippen molar-refractivity contribution in [1.82, 2.24) is 10.2 Å². The van der Waals surface area contributed by atoms with Crippen LogP contribution in [0.2, 0.25) is 0 Å². The van der Waals surface area contributed by atoms with E-state index in [4.69, 9.17) is 9.47 Å². The quantitative estimate of drug-likeness (QED) is 0.666. The first kappa shape index (κ1) is 19.8. The van der Waals surface area contributed by atoms with Crippen LogP contribution < -0.4 is 10.1 Å². The molecule has 1 amide bonds. The van der Waals surface area contributed by atoms with Crippen LogP contribution in [-0.4, -0.2) is 50.8 Å². The fourth-order valence-corrected chi connectivity index (χ4v) is 4.58. The summed E-state index contributed by atoms with van der Waals surface area (Å²) in [4.78, 5) is 15.6. The molecule has 0 spiro atoms. The zero-order chi connectivity index (χ0) is 20.2. The number of morpholine rings is 1. The summed E-state index contributed by atoms with van der Waals surface area (Å²) in [6.45, 7) is 3.43. The fraction of sp³-hybridized carbons (Fsp3) is 0.318. The van der Waals surface area contributed by atoms with Crippen molar-refractivity contribution in [3.63, 3.8) is 0 Å². The molecule has 152 valence electrons. The molecule has 1 aliphatic rings. The number of carbonyl (C=O) groups is 1. The number of hydrogen-bond acceptors (Lipinski definition) is 5. The zero-order valence-corrected chi connectivity index (χ0v) is 17.0. The second-order valence-corrected chi connectivity index (χ2v) is 7.99. The Labute approximate surface area is 173 Å². The van der Waals surface area contributed by atoms with Crippen molar-refractivity contribution in [2.24, 2.45) is 0 Å². The molecule has 3 aromatic rings. The van der Waals surface area contributed by atoms with Gasteiger partial charge in [0, 0.05) is 29.7 Å². The number of benzene rings is 2. The summed E-state index contributed by atoms with van der Waals surface area (Å²) in [6, 6.07) is 14.5. The Morgan fingerprint density at radius 2 is 2.00 bits per heavy atom. The molecule has 2 aromatic carbocycles. The minimum Gasteiger partial charge on any atom is -0.497 e. The van der Waals surface area contributed by atoms with E-state index in [9.17, 15) is 9.18 Å². The third kappa shape index (κ3) is 4.42. The van der Waals surface area contributed by atoms with E-state index < -0.39 is 0 Å². The van der Waals surface area contributed by atoms with Gasteiger partial charge in [0.05, 0.1) is 31.2 Å². The maximum Gasteiger partial charge on any atom is 0.261 e. The summed E-state index contributed by atoms with van der Waals surface area (Å²) < 4.78 is 25.5. The van der Waals surface area contributed by atoms with Gasteiger partial charge in [-0.05, 0) is 35.9 Å². The molecule has 1 atom stereocenters. The molecule has 0 bridgehead atoms. The van der Waals surface area contributed by atoms with Crippen molar-refractivity contribution < 1.29 is 18.7 Å². The van der Waals surface area contributed by atoms with E-state index in [-0.39, 0.29) is 17.8 Å².